The Labute approximate surface area is 127 Å². The molecule has 1 heterocycles. The highest BCUT2D eigenvalue weighted by atomic mass is 79.9. The molecular formula is C15H19BrN2O2. The molecule has 1 unspecified atom stereocenters. The van der Waals surface area contributed by atoms with Crippen molar-refractivity contribution in [2.75, 3.05) is 6.54 Å². The van der Waals surface area contributed by atoms with Crippen LogP contribution in [-0.2, 0) is 4.79 Å². The largest absolute Gasteiger partial charge is 0.352 e. The van der Waals surface area contributed by atoms with E-state index in [2.05, 4.69) is 21.2 Å². The van der Waals surface area contributed by atoms with Crippen LogP contribution in [0.2, 0.25) is 0 Å². The molecule has 1 aliphatic heterocycles. The van der Waals surface area contributed by atoms with Gasteiger partial charge >= 0.3 is 0 Å². The van der Waals surface area contributed by atoms with Gasteiger partial charge in [0, 0.05) is 22.6 Å². The predicted octanol–water partition coefficient (Wildman–Crippen LogP) is 2.58. The van der Waals surface area contributed by atoms with E-state index in [4.69, 9.17) is 0 Å². The van der Waals surface area contributed by atoms with Gasteiger partial charge in [0.15, 0.2) is 0 Å². The second kappa shape index (κ2) is 6.39. The molecule has 0 aromatic heterocycles. The second-order valence-electron chi connectivity index (χ2n) is 5.33. The SMILES string of the molecule is CC(C)NC(=O)C1CCCN1C(=O)c1ccc(Br)cc1. The van der Waals surface area contributed by atoms with E-state index in [-0.39, 0.29) is 23.9 Å². The lowest BCUT2D eigenvalue weighted by Gasteiger charge is -2.25. The zero-order valence-electron chi connectivity index (χ0n) is 11.7. The fourth-order valence-electron chi connectivity index (χ4n) is 2.42. The first kappa shape index (κ1) is 15.0. The van der Waals surface area contributed by atoms with Crippen molar-refractivity contribution in [3.63, 3.8) is 0 Å². The highest BCUT2D eigenvalue weighted by Gasteiger charge is 2.34. The molecule has 1 aromatic rings. The molecule has 5 heteroatoms. The second-order valence-corrected chi connectivity index (χ2v) is 6.24. The van der Waals surface area contributed by atoms with Crippen molar-refractivity contribution in [3.05, 3.63) is 34.3 Å². The highest BCUT2D eigenvalue weighted by Crippen LogP contribution is 2.21. The standard InChI is InChI=1S/C15H19BrN2O2/c1-10(2)17-14(19)13-4-3-9-18(13)15(20)11-5-7-12(16)8-6-11/h5-8,10,13H,3-4,9H2,1-2H3,(H,17,19). The number of amides is 2. The maximum atomic E-state index is 12.5. The van der Waals surface area contributed by atoms with Crippen molar-refractivity contribution < 1.29 is 9.59 Å². The van der Waals surface area contributed by atoms with Gasteiger partial charge in [0.05, 0.1) is 0 Å². The number of nitrogens with zero attached hydrogens (tertiary/aromatic N) is 1. The van der Waals surface area contributed by atoms with Crippen LogP contribution in [0.25, 0.3) is 0 Å². The van der Waals surface area contributed by atoms with Gasteiger partial charge in [-0.1, -0.05) is 15.9 Å². The van der Waals surface area contributed by atoms with Crippen LogP contribution in [-0.4, -0.2) is 35.3 Å². The molecule has 20 heavy (non-hydrogen) atoms. The monoisotopic (exact) mass is 338 g/mol. The zero-order valence-corrected chi connectivity index (χ0v) is 13.3. The van der Waals surface area contributed by atoms with Crippen molar-refractivity contribution in [1.82, 2.24) is 10.2 Å². The van der Waals surface area contributed by atoms with Crippen LogP contribution in [0.3, 0.4) is 0 Å². The van der Waals surface area contributed by atoms with Crippen molar-refractivity contribution >= 4 is 27.7 Å². The smallest absolute Gasteiger partial charge is 0.254 e. The molecule has 1 atom stereocenters. The first-order chi connectivity index (χ1) is 9.49. The summed E-state index contributed by atoms with van der Waals surface area (Å²) < 4.78 is 0.935. The molecule has 1 fully saturated rings. The minimum atomic E-state index is -0.339. The van der Waals surface area contributed by atoms with Crippen molar-refractivity contribution in [2.45, 2.75) is 38.8 Å². The van der Waals surface area contributed by atoms with Crippen LogP contribution in [0.4, 0.5) is 0 Å². The van der Waals surface area contributed by atoms with Crippen LogP contribution in [0.5, 0.6) is 0 Å². The molecule has 1 N–H and O–H groups in total. The molecule has 1 aromatic carbocycles. The first-order valence-corrected chi connectivity index (χ1v) is 7.65. The lowest BCUT2D eigenvalue weighted by molar-refractivity contribution is -0.125. The lowest BCUT2D eigenvalue weighted by Crippen LogP contribution is -2.47. The molecule has 1 aliphatic rings. The van der Waals surface area contributed by atoms with Crippen LogP contribution < -0.4 is 5.32 Å². The Balaban J connectivity index is 2.12. The third-order valence-electron chi connectivity index (χ3n) is 3.34. The summed E-state index contributed by atoms with van der Waals surface area (Å²) in [6, 6.07) is 6.99. The summed E-state index contributed by atoms with van der Waals surface area (Å²) in [5, 5.41) is 2.89. The topological polar surface area (TPSA) is 49.4 Å². The van der Waals surface area contributed by atoms with E-state index in [1.165, 1.54) is 0 Å². The van der Waals surface area contributed by atoms with Gasteiger partial charge in [0.25, 0.3) is 5.91 Å². The molecule has 4 nitrogen and oxygen atoms in total. The maximum absolute atomic E-state index is 12.5. The summed E-state index contributed by atoms with van der Waals surface area (Å²) in [5.41, 5.74) is 0.623. The Morgan fingerprint density at radius 1 is 1.30 bits per heavy atom. The number of rotatable bonds is 3. The highest BCUT2D eigenvalue weighted by molar-refractivity contribution is 9.10. The fourth-order valence-corrected chi connectivity index (χ4v) is 2.69. The molecular weight excluding hydrogens is 320 g/mol. The molecule has 0 radical (unpaired) electrons. The Kier molecular flexibility index (Phi) is 4.81. The zero-order chi connectivity index (χ0) is 14.7. The lowest BCUT2D eigenvalue weighted by atomic mass is 10.1. The minimum Gasteiger partial charge on any atom is -0.352 e. The number of likely N-dealkylation sites (tertiary alicyclic amines) is 1. The van der Waals surface area contributed by atoms with E-state index in [1.807, 2.05) is 26.0 Å². The Bertz CT molecular complexity index is 499. The molecule has 108 valence electrons. The van der Waals surface area contributed by atoms with Crippen LogP contribution in [0.1, 0.15) is 37.0 Å². The molecule has 2 amide bonds. The van der Waals surface area contributed by atoms with Gasteiger partial charge in [-0.05, 0) is 51.0 Å². The summed E-state index contributed by atoms with van der Waals surface area (Å²) in [4.78, 5) is 26.3. The van der Waals surface area contributed by atoms with Gasteiger partial charge in [-0.15, -0.1) is 0 Å². The van der Waals surface area contributed by atoms with Crippen molar-refractivity contribution in [1.29, 1.82) is 0 Å². The molecule has 1 saturated heterocycles. The van der Waals surface area contributed by atoms with E-state index in [0.717, 1.165) is 17.3 Å². The number of nitrogens with one attached hydrogen (secondary N) is 1. The van der Waals surface area contributed by atoms with Gasteiger partial charge in [0.1, 0.15) is 6.04 Å². The fraction of sp³-hybridized carbons (Fsp3) is 0.467. The number of halogens is 1. The molecule has 0 spiro atoms. The summed E-state index contributed by atoms with van der Waals surface area (Å²) in [6.07, 6.45) is 1.61. The first-order valence-electron chi connectivity index (χ1n) is 6.86. The number of benzene rings is 1. The third kappa shape index (κ3) is 3.39. The van der Waals surface area contributed by atoms with Crippen LogP contribution >= 0.6 is 15.9 Å². The quantitative estimate of drug-likeness (QED) is 0.920. The van der Waals surface area contributed by atoms with Gasteiger partial charge in [-0.25, -0.2) is 0 Å². The van der Waals surface area contributed by atoms with Crippen LogP contribution in [0.15, 0.2) is 28.7 Å². The van der Waals surface area contributed by atoms with Gasteiger partial charge in [-0.2, -0.15) is 0 Å². The molecule has 2 rings (SSSR count). The van der Waals surface area contributed by atoms with E-state index in [9.17, 15) is 9.59 Å². The Morgan fingerprint density at radius 3 is 2.55 bits per heavy atom. The van der Waals surface area contributed by atoms with Crippen molar-refractivity contribution in [3.8, 4) is 0 Å². The van der Waals surface area contributed by atoms with Crippen molar-refractivity contribution in [2.24, 2.45) is 0 Å². The Morgan fingerprint density at radius 2 is 1.95 bits per heavy atom. The predicted molar refractivity (Wildman–Crippen MR) is 81.5 cm³/mol. The summed E-state index contributed by atoms with van der Waals surface area (Å²) in [7, 11) is 0. The molecule has 0 bridgehead atoms. The van der Waals surface area contributed by atoms with Crippen LogP contribution in [0, 0.1) is 0 Å². The molecule has 0 aliphatic carbocycles. The number of hydrogen-bond donors (Lipinski definition) is 1. The maximum Gasteiger partial charge on any atom is 0.254 e. The number of carbonyl (C=O) groups excluding carboxylic acids is 2. The number of carbonyl (C=O) groups is 2. The van der Waals surface area contributed by atoms with Gasteiger partial charge in [-0.3, -0.25) is 9.59 Å². The van der Waals surface area contributed by atoms with E-state index in [1.54, 1.807) is 17.0 Å². The molecule has 0 saturated carbocycles. The summed E-state index contributed by atoms with van der Waals surface area (Å²) >= 11 is 3.35. The summed E-state index contributed by atoms with van der Waals surface area (Å²) in [5.74, 6) is -0.123. The number of hydrogen-bond acceptors (Lipinski definition) is 2. The minimum absolute atomic E-state index is 0.0528. The van der Waals surface area contributed by atoms with Gasteiger partial charge < -0.3 is 10.2 Å². The average Bonchev–Trinajstić information content (AvgIpc) is 2.87. The average molecular weight is 339 g/mol. The third-order valence-corrected chi connectivity index (χ3v) is 3.87. The van der Waals surface area contributed by atoms with E-state index in [0.29, 0.717) is 12.1 Å². The Hall–Kier alpha value is -1.36. The van der Waals surface area contributed by atoms with Gasteiger partial charge in [0.2, 0.25) is 5.91 Å². The summed E-state index contributed by atoms with van der Waals surface area (Å²) in [6.45, 7) is 4.49. The van der Waals surface area contributed by atoms with E-state index >= 15 is 0 Å². The normalized spacial score (nSPS) is 18.4. The van der Waals surface area contributed by atoms with E-state index < -0.39 is 0 Å².